The number of benzene rings is 1. The molecule has 0 bridgehead atoms. The molecule has 1 fully saturated rings. The Morgan fingerprint density at radius 3 is 2.81 bits per heavy atom. The molecule has 0 aliphatic carbocycles. The first-order valence-electron chi connectivity index (χ1n) is 9.87. The summed E-state index contributed by atoms with van der Waals surface area (Å²) in [4.78, 5) is 38.1. The maximum Gasteiger partial charge on any atom is 0.409 e. The number of nitrogens with zero attached hydrogens (tertiary/aromatic N) is 4. The molecule has 3 heterocycles. The highest BCUT2D eigenvalue weighted by molar-refractivity contribution is 9.10. The van der Waals surface area contributed by atoms with Gasteiger partial charge in [-0.05, 0) is 24.6 Å². The third-order valence-electron chi connectivity index (χ3n) is 5.16. The van der Waals surface area contributed by atoms with Crippen molar-refractivity contribution in [2.75, 3.05) is 33.4 Å². The maximum atomic E-state index is 13.8. The van der Waals surface area contributed by atoms with Crippen molar-refractivity contribution >= 4 is 45.2 Å². The van der Waals surface area contributed by atoms with Gasteiger partial charge in [-0.25, -0.2) is 19.0 Å². The summed E-state index contributed by atoms with van der Waals surface area (Å²) >= 11 is 4.83. The molecule has 1 aromatic heterocycles. The molecule has 11 heteroatoms. The Bertz CT molecular complexity index is 1110. The monoisotopic (exact) mass is 522 g/mol. The maximum absolute atomic E-state index is 13.8. The van der Waals surface area contributed by atoms with Crippen LogP contribution in [0.15, 0.2) is 50.5 Å². The summed E-state index contributed by atoms with van der Waals surface area (Å²) in [5.74, 6) is -0.363. The van der Waals surface area contributed by atoms with Crippen LogP contribution in [0.3, 0.4) is 0 Å². The number of fused-ring (bicyclic) bond motifs is 1. The Morgan fingerprint density at radius 1 is 1.34 bits per heavy atom. The third kappa shape index (κ3) is 4.14. The molecule has 1 saturated heterocycles. The molecule has 1 aromatic carbocycles. The molecule has 4 rings (SSSR count). The van der Waals surface area contributed by atoms with E-state index in [1.165, 1.54) is 35.5 Å². The van der Waals surface area contributed by atoms with Crippen LogP contribution < -0.4 is 0 Å². The minimum Gasteiger partial charge on any atom is -0.463 e. The molecule has 2 aliphatic rings. The van der Waals surface area contributed by atoms with Crippen LogP contribution in [0.25, 0.3) is 0 Å². The highest BCUT2D eigenvalue weighted by Crippen LogP contribution is 2.40. The second-order valence-electron chi connectivity index (χ2n) is 6.98. The van der Waals surface area contributed by atoms with Crippen LogP contribution in [0.4, 0.5) is 9.18 Å². The van der Waals surface area contributed by atoms with E-state index in [2.05, 4.69) is 20.9 Å². The van der Waals surface area contributed by atoms with Crippen LogP contribution in [-0.4, -0.2) is 66.0 Å². The van der Waals surface area contributed by atoms with Gasteiger partial charge in [0.2, 0.25) is 0 Å². The van der Waals surface area contributed by atoms with Crippen molar-refractivity contribution in [2.24, 2.45) is 4.99 Å². The van der Waals surface area contributed by atoms with Crippen molar-refractivity contribution in [3.8, 4) is 0 Å². The van der Waals surface area contributed by atoms with E-state index in [1.807, 2.05) is 10.3 Å². The number of ether oxygens (including phenoxy) is 2. The van der Waals surface area contributed by atoms with Gasteiger partial charge in [0.1, 0.15) is 11.9 Å². The minimum atomic E-state index is -0.772. The van der Waals surface area contributed by atoms with Gasteiger partial charge in [-0.2, -0.15) is 0 Å². The van der Waals surface area contributed by atoms with Crippen molar-refractivity contribution in [3.63, 3.8) is 0 Å². The molecule has 168 valence electrons. The largest absolute Gasteiger partial charge is 0.463 e. The summed E-state index contributed by atoms with van der Waals surface area (Å²) < 4.78 is 24.5. The molecule has 0 unspecified atom stereocenters. The molecule has 2 aromatic rings. The number of carbonyl (C=O) groups is 2. The quantitative estimate of drug-likeness (QED) is 0.568. The Labute approximate surface area is 196 Å². The fraction of sp³-hybridized carbons (Fsp3) is 0.333. The first-order chi connectivity index (χ1) is 15.4. The molecular weight excluding hydrogens is 503 g/mol. The van der Waals surface area contributed by atoms with Crippen LogP contribution in [-0.2, 0) is 14.3 Å². The predicted octanol–water partition coefficient (Wildman–Crippen LogP) is 3.75. The summed E-state index contributed by atoms with van der Waals surface area (Å²) in [6.07, 6.45) is 1.19. The zero-order valence-corrected chi connectivity index (χ0v) is 19.8. The number of piperazine rings is 1. The summed E-state index contributed by atoms with van der Waals surface area (Å²) in [6, 6.07) is 3.46. The second kappa shape index (κ2) is 9.37. The highest BCUT2D eigenvalue weighted by Gasteiger charge is 2.41. The molecule has 8 nitrogen and oxygen atoms in total. The zero-order valence-electron chi connectivity index (χ0n) is 17.4. The predicted molar refractivity (Wildman–Crippen MR) is 120 cm³/mol. The average Bonchev–Trinajstić information content (AvgIpc) is 3.32. The van der Waals surface area contributed by atoms with Crippen molar-refractivity contribution in [3.05, 3.63) is 61.9 Å². The van der Waals surface area contributed by atoms with E-state index in [4.69, 9.17) is 14.5 Å². The fourth-order valence-corrected chi connectivity index (χ4v) is 4.96. The van der Waals surface area contributed by atoms with Gasteiger partial charge in [0.05, 0.1) is 31.5 Å². The first kappa shape index (κ1) is 22.4. The third-order valence-corrected chi connectivity index (χ3v) is 6.62. The molecule has 1 atom stereocenters. The summed E-state index contributed by atoms with van der Waals surface area (Å²) in [5, 5.41) is 2.52. The van der Waals surface area contributed by atoms with E-state index in [1.54, 1.807) is 19.2 Å². The Morgan fingerprint density at radius 2 is 2.16 bits per heavy atom. The number of hydrogen-bond donors (Lipinski definition) is 0. The van der Waals surface area contributed by atoms with Gasteiger partial charge in [0.15, 0.2) is 10.8 Å². The van der Waals surface area contributed by atoms with Gasteiger partial charge in [0, 0.05) is 29.1 Å². The number of amides is 1. The van der Waals surface area contributed by atoms with E-state index < -0.39 is 23.9 Å². The normalized spacial score (nSPS) is 18.2. The topological polar surface area (TPSA) is 84.3 Å². The van der Waals surface area contributed by atoms with Crippen molar-refractivity contribution < 1.29 is 23.5 Å². The lowest BCUT2D eigenvalue weighted by Crippen LogP contribution is -2.52. The Balaban J connectivity index is 1.91. The summed E-state index contributed by atoms with van der Waals surface area (Å²) in [5.41, 5.74) is 1.49. The molecular formula is C21H20BrFN4O4S. The van der Waals surface area contributed by atoms with E-state index in [-0.39, 0.29) is 13.2 Å². The van der Waals surface area contributed by atoms with Gasteiger partial charge in [0.25, 0.3) is 0 Å². The van der Waals surface area contributed by atoms with Gasteiger partial charge < -0.3 is 19.3 Å². The second-order valence-corrected chi connectivity index (χ2v) is 8.73. The Kier molecular flexibility index (Phi) is 6.56. The number of rotatable bonds is 4. The number of esters is 1. The number of carbonyl (C=O) groups excluding carboxylic acids is 2. The van der Waals surface area contributed by atoms with E-state index in [0.29, 0.717) is 45.2 Å². The number of halogens is 2. The highest BCUT2D eigenvalue weighted by atomic mass is 79.9. The number of aromatic nitrogens is 1. The number of thiazole rings is 1. The van der Waals surface area contributed by atoms with Gasteiger partial charge >= 0.3 is 12.1 Å². The molecule has 1 amide bonds. The summed E-state index contributed by atoms with van der Waals surface area (Å²) in [7, 11) is 1.32. The molecule has 2 aliphatic heterocycles. The number of methoxy groups -OCH3 is 1. The summed E-state index contributed by atoms with van der Waals surface area (Å²) in [6.45, 7) is 2.83. The average molecular weight is 523 g/mol. The number of hydrogen-bond acceptors (Lipinski definition) is 8. The van der Waals surface area contributed by atoms with E-state index >= 15 is 0 Å². The number of amidine groups is 1. The lowest BCUT2D eigenvalue weighted by molar-refractivity contribution is -0.139. The van der Waals surface area contributed by atoms with Crippen molar-refractivity contribution in [1.29, 1.82) is 0 Å². The number of aliphatic imine (C=N–C) groups is 1. The molecule has 0 radical (unpaired) electrons. The van der Waals surface area contributed by atoms with Crippen LogP contribution >= 0.6 is 27.3 Å². The Hall–Kier alpha value is -2.79. The molecule has 0 spiro atoms. The lowest BCUT2D eigenvalue weighted by atomic mass is 9.93. The van der Waals surface area contributed by atoms with Gasteiger partial charge in [-0.3, -0.25) is 4.99 Å². The van der Waals surface area contributed by atoms with Crippen molar-refractivity contribution in [2.45, 2.75) is 13.0 Å². The van der Waals surface area contributed by atoms with E-state index in [0.717, 1.165) is 0 Å². The van der Waals surface area contributed by atoms with Gasteiger partial charge in [-0.1, -0.05) is 22.0 Å². The standard InChI is InChI=1S/C21H20BrFN4O4S/c1-3-31-20(28)16-15-11-26(21(29)30-2)7-8-27(15)18(19-24-6-9-32-19)25-17(16)13-5-4-12(23)10-14(13)22/h4-6,9-10,17H,3,7-8,11H2,1-2H3/t17-/m0/s1. The zero-order chi connectivity index (χ0) is 22.8. The smallest absolute Gasteiger partial charge is 0.409 e. The van der Waals surface area contributed by atoms with Crippen LogP contribution in [0.1, 0.15) is 23.5 Å². The SMILES string of the molecule is CCOC(=O)C1=C2CN(C(=O)OC)CCN2C(c2nccs2)=N[C@H]1c1ccc(F)cc1Br. The van der Waals surface area contributed by atoms with Crippen molar-refractivity contribution in [1.82, 2.24) is 14.8 Å². The van der Waals surface area contributed by atoms with E-state index in [9.17, 15) is 14.0 Å². The van der Waals surface area contributed by atoms with Gasteiger partial charge in [-0.15, -0.1) is 11.3 Å². The van der Waals surface area contributed by atoms with Crippen LogP contribution in [0.5, 0.6) is 0 Å². The molecule has 0 saturated carbocycles. The molecule has 0 N–H and O–H groups in total. The van der Waals surface area contributed by atoms with Crippen LogP contribution in [0, 0.1) is 5.82 Å². The first-order valence-corrected chi connectivity index (χ1v) is 11.5. The fourth-order valence-electron chi connectivity index (χ4n) is 3.76. The van der Waals surface area contributed by atoms with Crippen LogP contribution in [0.2, 0.25) is 0 Å². The molecule has 32 heavy (non-hydrogen) atoms. The minimum absolute atomic E-state index is 0.139. The lowest BCUT2D eigenvalue weighted by Gasteiger charge is -2.42.